The number of anilines is 1. The highest BCUT2D eigenvalue weighted by atomic mass is 19.4. The maximum Gasteiger partial charge on any atom is 0.433 e. The minimum atomic E-state index is -4.50. The van der Waals surface area contributed by atoms with Gasteiger partial charge in [0, 0.05) is 45.3 Å². The van der Waals surface area contributed by atoms with Crippen LogP contribution >= 0.6 is 0 Å². The molecule has 1 unspecified atom stereocenters. The van der Waals surface area contributed by atoms with Gasteiger partial charge in [0.2, 0.25) is 0 Å². The van der Waals surface area contributed by atoms with Crippen LogP contribution < -0.4 is 10.2 Å². The summed E-state index contributed by atoms with van der Waals surface area (Å²) >= 11 is 0. The fraction of sp³-hybridized carbons (Fsp3) is 0.600. The van der Waals surface area contributed by atoms with Crippen LogP contribution in [0.4, 0.5) is 19.0 Å². The van der Waals surface area contributed by atoms with E-state index in [0.717, 1.165) is 38.7 Å². The van der Waals surface area contributed by atoms with Crippen LogP contribution in [0.2, 0.25) is 0 Å². The molecule has 0 bridgehead atoms. The number of rotatable bonds is 2. The first kappa shape index (κ1) is 16.0. The van der Waals surface area contributed by atoms with Crippen LogP contribution in [0.1, 0.15) is 17.7 Å². The van der Waals surface area contributed by atoms with Crippen LogP contribution in [0.15, 0.2) is 12.1 Å². The minimum Gasteiger partial charge on any atom is -0.354 e. The van der Waals surface area contributed by atoms with Crippen LogP contribution in [0.5, 0.6) is 0 Å². The van der Waals surface area contributed by atoms with Gasteiger partial charge in [-0.25, -0.2) is 4.98 Å². The topological polar surface area (TPSA) is 55.2 Å². The third kappa shape index (κ3) is 3.41. The van der Waals surface area contributed by atoms with Crippen molar-refractivity contribution >= 4 is 5.82 Å². The molecule has 8 heteroatoms. The number of hydrogen-bond acceptors (Lipinski definition) is 5. The van der Waals surface area contributed by atoms with E-state index < -0.39 is 11.9 Å². The first-order valence-corrected chi connectivity index (χ1v) is 7.67. The quantitative estimate of drug-likeness (QED) is 0.892. The first-order valence-electron chi connectivity index (χ1n) is 7.67. The number of hydrogen-bond donors (Lipinski definition) is 1. The number of nitrogens with one attached hydrogen (secondary N) is 1. The Hall–Kier alpha value is -1.85. The Balaban J connectivity index is 1.80. The number of piperazine rings is 1. The van der Waals surface area contributed by atoms with E-state index in [0.29, 0.717) is 19.1 Å². The molecule has 124 valence electrons. The zero-order chi connectivity index (χ0) is 16.4. The van der Waals surface area contributed by atoms with E-state index in [-0.39, 0.29) is 11.4 Å². The Morgan fingerprint density at radius 1 is 1.22 bits per heavy atom. The number of aromatic nitrogens is 1. The second-order valence-corrected chi connectivity index (χ2v) is 5.85. The maximum atomic E-state index is 12.9. The summed E-state index contributed by atoms with van der Waals surface area (Å²) in [5, 5.41) is 12.5. The molecule has 0 spiro atoms. The van der Waals surface area contributed by atoms with Gasteiger partial charge in [-0.15, -0.1) is 0 Å². The lowest BCUT2D eigenvalue weighted by molar-refractivity contribution is -0.141. The summed E-state index contributed by atoms with van der Waals surface area (Å²) in [5.41, 5.74) is -0.754. The van der Waals surface area contributed by atoms with Crippen molar-refractivity contribution in [3.63, 3.8) is 0 Å². The molecule has 2 saturated heterocycles. The molecule has 2 aliphatic heterocycles. The summed E-state index contributed by atoms with van der Waals surface area (Å²) in [4.78, 5) is 7.89. The summed E-state index contributed by atoms with van der Waals surface area (Å²) in [7, 11) is 0. The van der Waals surface area contributed by atoms with Crippen LogP contribution in [0.25, 0.3) is 0 Å². The lowest BCUT2D eigenvalue weighted by atomic mass is 10.2. The van der Waals surface area contributed by atoms with Crippen molar-refractivity contribution in [2.75, 3.05) is 44.2 Å². The number of nitrogens with zero attached hydrogens (tertiary/aromatic N) is 4. The molecule has 23 heavy (non-hydrogen) atoms. The van der Waals surface area contributed by atoms with Gasteiger partial charge in [-0.1, -0.05) is 0 Å². The van der Waals surface area contributed by atoms with E-state index >= 15 is 0 Å². The average Bonchev–Trinajstić information content (AvgIpc) is 3.04. The Kier molecular flexibility index (Phi) is 4.41. The molecular formula is C15H18F3N5. The van der Waals surface area contributed by atoms with Crippen LogP contribution in [-0.2, 0) is 6.18 Å². The standard InChI is InChI=1S/C15H18F3N5/c16-15(17,18)13-2-1-11(9-19)14(21-13)23-6-3-12(10-23)22-7-4-20-5-8-22/h1-2,12,20H,3-8,10H2. The molecule has 1 aromatic heterocycles. The first-order chi connectivity index (χ1) is 11.0. The van der Waals surface area contributed by atoms with Crippen molar-refractivity contribution < 1.29 is 13.2 Å². The van der Waals surface area contributed by atoms with Gasteiger partial charge in [0.1, 0.15) is 17.6 Å². The molecule has 0 aliphatic carbocycles. The SMILES string of the molecule is N#Cc1ccc(C(F)(F)F)nc1N1CCC(N2CCNCC2)C1. The second-order valence-electron chi connectivity index (χ2n) is 5.85. The van der Waals surface area contributed by atoms with E-state index in [2.05, 4.69) is 15.2 Å². The van der Waals surface area contributed by atoms with Crippen molar-refractivity contribution in [3.05, 3.63) is 23.4 Å². The van der Waals surface area contributed by atoms with Gasteiger partial charge in [-0.2, -0.15) is 18.4 Å². The predicted octanol–water partition coefficient (Wildman–Crippen LogP) is 1.46. The van der Waals surface area contributed by atoms with Gasteiger partial charge in [-0.3, -0.25) is 4.90 Å². The minimum absolute atomic E-state index is 0.153. The van der Waals surface area contributed by atoms with Gasteiger partial charge in [0.25, 0.3) is 0 Å². The van der Waals surface area contributed by atoms with Crippen molar-refractivity contribution in [2.45, 2.75) is 18.6 Å². The highest BCUT2D eigenvalue weighted by Gasteiger charge is 2.35. The molecule has 0 radical (unpaired) electrons. The third-order valence-corrected chi connectivity index (χ3v) is 4.42. The predicted molar refractivity (Wildman–Crippen MR) is 79.0 cm³/mol. The van der Waals surface area contributed by atoms with Gasteiger partial charge in [0.05, 0.1) is 5.56 Å². The average molecular weight is 325 g/mol. The Bertz CT molecular complexity index is 604. The molecule has 1 aromatic rings. The molecule has 3 rings (SSSR count). The highest BCUT2D eigenvalue weighted by Crippen LogP contribution is 2.32. The van der Waals surface area contributed by atoms with E-state index in [9.17, 15) is 18.4 Å². The molecule has 1 atom stereocenters. The van der Waals surface area contributed by atoms with Gasteiger partial charge in [0.15, 0.2) is 0 Å². The lowest BCUT2D eigenvalue weighted by Crippen LogP contribution is -2.49. The number of nitriles is 1. The van der Waals surface area contributed by atoms with Gasteiger partial charge < -0.3 is 10.2 Å². The summed E-state index contributed by atoms with van der Waals surface area (Å²) in [6.07, 6.45) is -3.62. The molecule has 3 heterocycles. The smallest absolute Gasteiger partial charge is 0.354 e. The van der Waals surface area contributed by atoms with Crippen molar-refractivity contribution in [2.24, 2.45) is 0 Å². The number of halogens is 3. The van der Waals surface area contributed by atoms with E-state index in [1.807, 2.05) is 6.07 Å². The van der Waals surface area contributed by atoms with E-state index in [4.69, 9.17) is 0 Å². The largest absolute Gasteiger partial charge is 0.433 e. The summed E-state index contributed by atoms with van der Waals surface area (Å²) in [5.74, 6) is 0.153. The van der Waals surface area contributed by atoms with Crippen LogP contribution in [0, 0.1) is 11.3 Å². The number of alkyl halides is 3. The zero-order valence-corrected chi connectivity index (χ0v) is 12.6. The molecule has 0 amide bonds. The number of pyridine rings is 1. The van der Waals surface area contributed by atoms with E-state index in [1.165, 1.54) is 6.07 Å². The summed E-state index contributed by atoms with van der Waals surface area (Å²) in [6, 6.07) is 4.33. The molecule has 0 saturated carbocycles. The molecule has 5 nitrogen and oxygen atoms in total. The fourth-order valence-corrected chi connectivity index (χ4v) is 3.21. The molecular weight excluding hydrogens is 307 g/mol. The Morgan fingerprint density at radius 2 is 1.96 bits per heavy atom. The monoisotopic (exact) mass is 325 g/mol. The van der Waals surface area contributed by atoms with Crippen LogP contribution in [-0.4, -0.2) is 55.2 Å². The highest BCUT2D eigenvalue weighted by molar-refractivity contribution is 5.55. The second kappa shape index (κ2) is 6.34. The Labute approximate surface area is 132 Å². The molecule has 0 aromatic carbocycles. The van der Waals surface area contributed by atoms with Crippen molar-refractivity contribution in [1.82, 2.24) is 15.2 Å². The normalized spacial score (nSPS) is 23.0. The van der Waals surface area contributed by atoms with E-state index in [1.54, 1.807) is 4.90 Å². The van der Waals surface area contributed by atoms with Crippen LogP contribution in [0.3, 0.4) is 0 Å². The molecule has 2 aliphatic rings. The van der Waals surface area contributed by atoms with Crippen molar-refractivity contribution in [3.8, 4) is 6.07 Å². The lowest BCUT2D eigenvalue weighted by Gasteiger charge is -2.32. The third-order valence-electron chi connectivity index (χ3n) is 4.42. The van der Waals surface area contributed by atoms with Gasteiger partial charge in [-0.05, 0) is 18.6 Å². The summed E-state index contributed by atoms with van der Waals surface area (Å²) in [6.45, 7) is 4.99. The zero-order valence-electron chi connectivity index (χ0n) is 12.6. The van der Waals surface area contributed by atoms with Crippen molar-refractivity contribution in [1.29, 1.82) is 5.26 Å². The fourth-order valence-electron chi connectivity index (χ4n) is 3.21. The molecule has 1 N–H and O–H groups in total. The summed E-state index contributed by atoms with van der Waals surface area (Å²) < 4.78 is 38.6. The Morgan fingerprint density at radius 3 is 2.61 bits per heavy atom. The molecule has 2 fully saturated rings. The van der Waals surface area contributed by atoms with Gasteiger partial charge >= 0.3 is 6.18 Å². The maximum absolute atomic E-state index is 12.9.